The molecule has 2 N–H and O–H groups in total. The lowest BCUT2D eigenvalue weighted by molar-refractivity contribution is 0.408. The van der Waals surface area contributed by atoms with Crippen LogP contribution in [0.25, 0.3) is 10.1 Å². The molecule has 0 aliphatic rings. The van der Waals surface area contributed by atoms with E-state index in [1.165, 1.54) is 15.0 Å². The van der Waals surface area contributed by atoms with Gasteiger partial charge in [0.05, 0.1) is 13.2 Å². The predicted molar refractivity (Wildman–Crippen MR) is 90.3 cm³/mol. The number of fused-ring (bicyclic) bond motifs is 1. The van der Waals surface area contributed by atoms with E-state index in [4.69, 9.17) is 10.5 Å². The van der Waals surface area contributed by atoms with Gasteiger partial charge in [0.1, 0.15) is 5.75 Å². The second-order valence-electron chi connectivity index (χ2n) is 5.35. The highest BCUT2D eigenvalue weighted by Crippen LogP contribution is 2.34. The third-order valence-corrected chi connectivity index (χ3v) is 5.00. The molecule has 2 nitrogen and oxygen atoms in total. The fourth-order valence-electron chi connectivity index (χ4n) is 2.81. The van der Waals surface area contributed by atoms with E-state index in [0.717, 1.165) is 22.4 Å². The van der Waals surface area contributed by atoms with Crippen molar-refractivity contribution < 1.29 is 4.74 Å². The van der Waals surface area contributed by atoms with E-state index in [-0.39, 0.29) is 6.04 Å². The molecule has 0 aliphatic heterocycles. The Morgan fingerprint density at radius 3 is 2.33 bits per heavy atom. The zero-order chi connectivity index (χ0) is 15.0. The van der Waals surface area contributed by atoms with E-state index in [2.05, 4.69) is 56.3 Å². The molecule has 21 heavy (non-hydrogen) atoms. The van der Waals surface area contributed by atoms with E-state index in [1.54, 1.807) is 18.4 Å². The van der Waals surface area contributed by atoms with E-state index >= 15 is 0 Å². The number of thiophene rings is 1. The molecule has 0 saturated heterocycles. The van der Waals surface area contributed by atoms with Crippen molar-refractivity contribution in [3.8, 4) is 5.75 Å². The third-order valence-electron chi connectivity index (χ3n) is 3.80. The smallest absolute Gasteiger partial charge is 0.124 e. The number of aryl methyl sites for hydroxylation is 2. The lowest BCUT2D eigenvalue weighted by Crippen LogP contribution is -2.11. The molecule has 3 rings (SSSR count). The minimum atomic E-state index is -0.0919. The van der Waals surface area contributed by atoms with E-state index in [0.29, 0.717) is 0 Å². The lowest BCUT2D eigenvalue weighted by atomic mass is 9.99. The van der Waals surface area contributed by atoms with Crippen LogP contribution in [0.2, 0.25) is 0 Å². The molecule has 2 aromatic carbocycles. The van der Waals surface area contributed by atoms with E-state index < -0.39 is 0 Å². The summed E-state index contributed by atoms with van der Waals surface area (Å²) < 4.78 is 6.71. The first-order chi connectivity index (χ1) is 10.1. The highest BCUT2D eigenvalue weighted by molar-refractivity contribution is 7.19. The van der Waals surface area contributed by atoms with E-state index in [1.807, 2.05) is 0 Å². The fourth-order valence-corrected chi connectivity index (χ4v) is 3.90. The number of hydrogen-bond donors (Lipinski definition) is 1. The van der Waals surface area contributed by atoms with Crippen molar-refractivity contribution in [2.24, 2.45) is 5.73 Å². The van der Waals surface area contributed by atoms with Crippen LogP contribution in [0, 0.1) is 13.8 Å². The van der Waals surface area contributed by atoms with Crippen LogP contribution in [-0.2, 0) is 0 Å². The molecule has 108 valence electrons. The topological polar surface area (TPSA) is 35.2 Å². The molecule has 1 atom stereocenters. The van der Waals surface area contributed by atoms with Gasteiger partial charge in [0, 0.05) is 9.58 Å². The first-order valence-corrected chi connectivity index (χ1v) is 7.81. The van der Waals surface area contributed by atoms with Gasteiger partial charge in [0.2, 0.25) is 0 Å². The maximum atomic E-state index is 6.48. The number of benzene rings is 2. The maximum Gasteiger partial charge on any atom is 0.124 e. The Balaban J connectivity index is 2.03. The van der Waals surface area contributed by atoms with Crippen LogP contribution in [-0.4, -0.2) is 7.11 Å². The maximum absolute atomic E-state index is 6.48. The first-order valence-electron chi connectivity index (χ1n) is 6.99. The van der Waals surface area contributed by atoms with Crippen molar-refractivity contribution in [1.29, 1.82) is 0 Å². The molecular formula is C18H19NOS. The summed E-state index contributed by atoms with van der Waals surface area (Å²) in [7, 11) is 1.71. The van der Waals surface area contributed by atoms with Crippen molar-refractivity contribution in [3.05, 3.63) is 64.0 Å². The van der Waals surface area contributed by atoms with Gasteiger partial charge in [-0.15, -0.1) is 11.3 Å². The molecule has 0 radical (unpaired) electrons. The van der Waals surface area contributed by atoms with Crippen LogP contribution >= 0.6 is 11.3 Å². The normalized spacial score (nSPS) is 12.6. The van der Waals surface area contributed by atoms with Gasteiger partial charge in [-0.2, -0.15) is 0 Å². The molecule has 1 aromatic heterocycles. The summed E-state index contributed by atoms with van der Waals surface area (Å²) in [5, 5.41) is 1.26. The molecule has 0 bridgehead atoms. The second kappa shape index (κ2) is 5.51. The van der Waals surface area contributed by atoms with Crippen molar-refractivity contribution in [2.75, 3.05) is 7.11 Å². The van der Waals surface area contributed by atoms with Gasteiger partial charge in [-0.3, -0.25) is 0 Å². The first kappa shape index (κ1) is 14.1. The second-order valence-corrected chi connectivity index (χ2v) is 6.47. The molecule has 3 aromatic rings. The van der Waals surface area contributed by atoms with Gasteiger partial charge in [0.15, 0.2) is 0 Å². The Bertz CT molecular complexity index is 735. The summed E-state index contributed by atoms with van der Waals surface area (Å²) in [5.41, 5.74) is 9.87. The van der Waals surface area contributed by atoms with Gasteiger partial charge in [-0.1, -0.05) is 30.3 Å². The zero-order valence-corrected chi connectivity index (χ0v) is 13.3. The Kier molecular flexibility index (Phi) is 3.70. The molecular weight excluding hydrogens is 278 g/mol. The Hall–Kier alpha value is -1.84. The average Bonchev–Trinajstić information content (AvgIpc) is 2.90. The molecule has 0 aliphatic carbocycles. The molecule has 0 spiro atoms. The van der Waals surface area contributed by atoms with Gasteiger partial charge in [-0.05, 0) is 48.1 Å². The molecule has 1 unspecified atom stereocenters. The fraction of sp³-hybridized carbons (Fsp3) is 0.222. The van der Waals surface area contributed by atoms with Crippen LogP contribution in [0.3, 0.4) is 0 Å². The third kappa shape index (κ3) is 2.55. The Morgan fingerprint density at radius 1 is 1.05 bits per heavy atom. The van der Waals surface area contributed by atoms with Crippen LogP contribution < -0.4 is 10.5 Å². The van der Waals surface area contributed by atoms with Gasteiger partial charge in [0.25, 0.3) is 0 Å². The summed E-state index contributed by atoms with van der Waals surface area (Å²) in [4.78, 5) is 1.19. The van der Waals surface area contributed by atoms with Crippen molar-refractivity contribution in [3.63, 3.8) is 0 Å². The van der Waals surface area contributed by atoms with Crippen LogP contribution in [0.15, 0.2) is 42.5 Å². The number of hydrogen-bond acceptors (Lipinski definition) is 3. The highest BCUT2D eigenvalue weighted by atomic mass is 32.1. The molecule has 0 saturated carbocycles. The predicted octanol–water partition coefficient (Wildman–Crippen LogP) is 4.57. The minimum absolute atomic E-state index is 0.0919. The van der Waals surface area contributed by atoms with Crippen molar-refractivity contribution in [2.45, 2.75) is 19.9 Å². The average molecular weight is 297 g/mol. The standard InChI is InChI=1S/C18H19NOS/c1-11-8-14(9-12(2)18(11)20-3)17(19)16-10-13-6-4-5-7-15(13)21-16/h4-10,17H,19H2,1-3H3. The molecule has 0 fully saturated rings. The Labute approximate surface area is 129 Å². The SMILES string of the molecule is COc1c(C)cc(C(N)c2cc3ccccc3s2)cc1C. The number of nitrogens with two attached hydrogens (primary N) is 1. The van der Waals surface area contributed by atoms with Gasteiger partial charge >= 0.3 is 0 Å². The summed E-state index contributed by atoms with van der Waals surface area (Å²) >= 11 is 1.77. The molecule has 0 amide bonds. The highest BCUT2D eigenvalue weighted by Gasteiger charge is 2.15. The van der Waals surface area contributed by atoms with Crippen molar-refractivity contribution >= 4 is 21.4 Å². The molecule has 1 heterocycles. The monoisotopic (exact) mass is 297 g/mol. The number of methoxy groups -OCH3 is 1. The largest absolute Gasteiger partial charge is 0.496 e. The zero-order valence-electron chi connectivity index (χ0n) is 12.5. The summed E-state index contributed by atoms with van der Waals surface area (Å²) in [6.07, 6.45) is 0. The van der Waals surface area contributed by atoms with Gasteiger partial charge < -0.3 is 10.5 Å². The Morgan fingerprint density at radius 2 is 1.71 bits per heavy atom. The quantitative estimate of drug-likeness (QED) is 0.768. The summed E-state index contributed by atoms with van der Waals surface area (Å²) in [6.45, 7) is 4.12. The molecule has 3 heteroatoms. The van der Waals surface area contributed by atoms with Crippen molar-refractivity contribution in [1.82, 2.24) is 0 Å². The number of ether oxygens (including phenoxy) is 1. The van der Waals surface area contributed by atoms with Gasteiger partial charge in [-0.25, -0.2) is 0 Å². The lowest BCUT2D eigenvalue weighted by Gasteiger charge is -2.15. The minimum Gasteiger partial charge on any atom is -0.496 e. The van der Waals surface area contributed by atoms with Crippen LogP contribution in [0.5, 0.6) is 5.75 Å². The van der Waals surface area contributed by atoms with Crippen LogP contribution in [0.4, 0.5) is 0 Å². The summed E-state index contributed by atoms with van der Waals surface area (Å²) in [5.74, 6) is 0.947. The van der Waals surface area contributed by atoms with Crippen LogP contribution in [0.1, 0.15) is 27.6 Å². The number of rotatable bonds is 3. The summed E-state index contributed by atoms with van der Waals surface area (Å²) in [6, 6.07) is 14.8. The van der Waals surface area contributed by atoms with E-state index in [9.17, 15) is 0 Å².